The summed E-state index contributed by atoms with van der Waals surface area (Å²) in [5.41, 5.74) is 1.29. The van der Waals surface area contributed by atoms with Gasteiger partial charge in [0.1, 0.15) is 0 Å². The van der Waals surface area contributed by atoms with Gasteiger partial charge < -0.3 is 14.2 Å². The first-order valence-electron chi connectivity index (χ1n) is 10.5. The minimum absolute atomic E-state index is 0.0936. The first kappa shape index (κ1) is 23.1. The fourth-order valence-electron chi connectivity index (χ4n) is 3.58. The quantitative estimate of drug-likeness (QED) is 0.562. The van der Waals surface area contributed by atoms with Crippen molar-refractivity contribution in [1.29, 1.82) is 0 Å². The molecular formula is C22H24N4O5S2. The van der Waals surface area contributed by atoms with Crippen molar-refractivity contribution >= 4 is 43.6 Å². The molecule has 3 aromatic rings. The zero-order chi connectivity index (χ0) is 23.6. The minimum Gasteiger partial charge on any atom is -0.450 e. The smallest absolute Gasteiger partial charge is 0.409 e. The van der Waals surface area contributed by atoms with Gasteiger partial charge in [-0.05, 0) is 43.3 Å². The molecule has 1 aliphatic heterocycles. The van der Waals surface area contributed by atoms with Gasteiger partial charge in [-0.15, -0.1) is 0 Å². The number of sulfonamides is 1. The largest absolute Gasteiger partial charge is 0.450 e. The summed E-state index contributed by atoms with van der Waals surface area (Å²) in [6, 6.07) is 13.6. The third kappa shape index (κ3) is 4.70. The molecule has 1 aliphatic rings. The van der Waals surface area contributed by atoms with Crippen LogP contribution in [0.25, 0.3) is 10.2 Å². The molecule has 4 rings (SSSR count). The fraction of sp³-hybridized carbons (Fsp3) is 0.318. The standard InChI is InChI=1S/C22H24N4O5S2/c1-3-31-22(28)25-12-14-26(15-13-25)33(29,30)17-10-8-16(9-11-17)20(27)23-21-24(2)18-6-4-5-7-19(18)32-21/h4-11H,3,12-15H2,1-2H3. The number of rotatable bonds is 4. The molecule has 0 radical (unpaired) electrons. The Hall–Kier alpha value is -3.02. The van der Waals surface area contributed by atoms with Crippen LogP contribution in [0.15, 0.2) is 58.4 Å². The lowest BCUT2D eigenvalue weighted by Gasteiger charge is -2.33. The van der Waals surface area contributed by atoms with Crippen molar-refractivity contribution in [2.45, 2.75) is 11.8 Å². The van der Waals surface area contributed by atoms with E-state index in [1.165, 1.54) is 44.8 Å². The number of thiazole rings is 1. The van der Waals surface area contributed by atoms with Crippen LogP contribution < -0.4 is 4.80 Å². The van der Waals surface area contributed by atoms with Crippen molar-refractivity contribution in [3.8, 4) is 0 Å². The van der Waals surface area contributed by atoms with Crippen LogP contribution in [0.5, 0.6) is 0 Å². The number of para-hydroxylation sites is 1. The lowest BCUT2D eigenvalue weighted by molar-refractivity contribution is 0.0933. The number of hydrogen-bond acceptors (Lipinski definition) is 6. The van der Waals surface area contributed by atoms with Crippen molar-refractivity contribution in [3.05, 3.63) is 58.9 Å². The molecule has 2 heterocycles. The molecular weight excluding hydrogens is 464 g/mol. The number of amides is 2. The summed E-state index contributed by atoms with van der Waals surface area (Å²) in [6.07, 6.45) is -0.437. The molecule has 1 fully saturated rings. The van der Waals surface area contributed by atoms with Crippen molar-refractivity contribution in [3.63, 3.8) is 0 Å². The van der Waals surface area contributed by atoms with Crippen LogP contribution in [0.1, 0.15) is 17.3 Å². The predicted molar refractivity (Wildman–Crippen MR) is 124 cm³/mol. The van der Waals surface area contributed by atoms with Crippen LogP contribution in [0.4, 0.5) is 4.79 Å². The van der Waals surface area contributed by atoms with Gasteiger partial charge in [-0.25, -0.2) is 13.2 Å². The van der Waals surface area contributed by atoms with E-state index in [0.29, 0.717) is 10.4 Å². The third-order valence-corrected chi connectivity index (χ3v) is 8.44. The zero-order valence-electron chi connectivity index (χ0n) is 18.3. The van der Waals surface area contributed by atoms with Crippen LogP contribution in [0.3, 0.4) is 0 Å². The maximum absolute atomic E-state index is 13.0. The van der Waals surface area contributed by atoms with E-state index in [4.69, 9.17) is 4.74 Å². The molecule has 0 atom stereocenters. The highest BCUT2D eigenvalue weighted by molar-refractivity contribution is 7.89. The molecule has 0 saturated carbocycles. The summed E-state index contributed by atoms with van der Waals surface area (Å²) < 4.78 is 35.2. The summed E-state index contributed by atoms with van der Waals surface area (Å²) in [7, 11) is -1.89. The van der Waals surface area contributed by atoms with E-state index in [1.807, 2.05) is 35.9 Å². The summed E-state index contributed by atoms with van der Waals surface area (Å²) in [6.45, 7) is 2.89. The average molecular weight is 489 g/mol. The number of nitrogens with zero attached hydrogens (tertiary/aromatic N) is 4. The lowest BCUT2D eigenvalue weighted by Crippen LogP contribution is -2.50. The third-order valence-electron chi connectivity index (χ3n) is 5.42. The zero-order valence-corrected chi connectivity index (χ0v) is 19.9. The monoisotopic (exact) mass is 488 g/mol. The van der Waals surface area contributed by atoms with Gasteiger partial charge >= 0.3 is 6.09 Å². The number of benzene rings is 2. The molecule has 2 aromatic carbocycles. The highest BCUT2D eigenvalue weighted by Crippen LogP contribution is 2.19. The fourth-order valence-corrected chi connectivity index (χ4v) is 6.02. The van der Waals surface area contributed by atoms with Crippen molar-refractivity contribution in [1.82, 2.24) is 13.8 Å². The van der Waals surface area contributed by atoms with Gasteiger partial charge in [0.25, 0.3) is 5.91 Å². The molecule has 11 heteroatoms. The molecule has 0 spiro atoms. The SMILES string of the molecule is CCOC(=O)N1CCN(S(=O)(=O)c2ccc(C(=O)N=c3sc4ccccc4n3C)cc2)CC1. The second-order valence-corrected chi connectivity index (χ2v) is 10.4. The Morgan fingerprint density at radius 3 is 2.33 bits per heavy atom. The molecule has 0 N–H and O–H groups in total. The summed E-state index contributed by atoms with van der Waals surface area (Å²) >= 11 is 1.41. The van der Waals surface area contributed by atoms with E-state index in [-0.39, 0.29) is 37.7 Å². The molecule has 33 heavy (non-hydrogen) atoms. The lowest BCUT2D eigenvalue weighted by atomic mass is 10.2. The Kier molecular flexibility index (Phi) is 6.63. The first-order chi connectivity index (χ1) is 15.8. The molecule has 2 amide bonds. The summed E-state index contributed by atoms with van der Waals surface area (Å²) in [4.78, 5) is 30.9. The molecule has 1 aromatic heterocycles. The number of carbonyl (C=O) groups is 2. The van der Waals surface area contributed by atoms with E-state index in [1.54, 1.807) is 6.92 Å². The highest BCUT2D eigenvalue weighted by Gasteiger charge is 2.30. The van der Waals surface area contributed by atoms with E-state index in [0.717, 1.165) is 10.2 Å². The van der Waals surface area contributed by atoms with Gasteiger partial charge in [0.05, 0.1) is 21.7 Å². The number of aromatic nitrogens is 1. The van der Waals surface area contributed by atoms with Crippen LogP contribution in [0, 0.1) is 0 Å². The number of hydrogen-bond donors (Lipinski definition) is 0. The predicted octanol–water partition coefficient (Wildman–Crippen LogP) is 2.44. The normalized spacial score (nSPS) is 15.7. The Morgan fingerprint density at radius 2 is 1.70 bits per heavy atom. The maximum atomic E-state index is 13.0. The molecule has 174 valence electrons. The van der Waals surface area contributed by atoms with Gasteiger partial charge in [-0.1, -0.05) is 23.5 Å². The van der Waals surface area contributed by atoms with Crippen LogP contribution in [-0.4, -0.2) is 67.0 Å². The molecule has 0 aliphatic carbocycles. The molecule has 0 bridgehead atoms. The van der Waals surface area contributed by atoms with Crippen molar-refractivity contribution in [2.24, 2.45) is 12.0 Å². The van der Waals surface area contributed by atoms with Gasteiger partial charge in [0.15, 0.2) is 4.80 Å². The number of piperazine rings is 1. The Balaban J connectivity index is 1.49. The number of fused-ring (bicyclic) bond motifs is 1. The topological polar surface area (TPSA) is 101 Å². The number of aryl methyl sites for hydroxylation is 1. The molecule has 9 nitrogen and oxygen atoms in total. The second kappa shape index (κ2) is 9.46. The van der Waals surface area contributed by atoms with Crippen LogP contribution >= 0.6 is 11.3 Å². The van der Waals surface area contributed by atoms with Crippen molar-refractivity contribution < 1.29 is 22.7 Å². The number of ether oxygens (including phenoxy) is 1. The highest BCUT2D eigenvalue weighted by atomic mass is 32.2. The molecule has 1 saturated heterocycles. The van der Waals surface area contributed by atoms with Gasteiger partial charge in [0, 0.05) is 38.8 Å². The van der Waals surface area contributed by atoms with E-state index in [2.05, 4.69) is 4.99 Å². The molecule has 0 unspecified atom stereocenters. The van der Waals surface area contributed by atoms with Crippen molar-refractivity contribution in [2.75, 3.05) is 32.8 Å². The second-order valence-electron chi connectivity index (χ2n) is 7.44. The maximum Gasteiger partial charge on any atom is 0.409 e. The Labute approximate surface area is 195 Å². The average Bonchev–Trinajstić information content (AvgIpc) is 3.14. The Morgan fingerprint density at radius 1 is 1.03 bits per heavy atom. The van der Waals surface area contributed by atoms with E-state index in [9.17, 15) is 18.0 Å². The minimum atomic E-state index is -3.74. The first-order valence-corrected chi connectivity index (χ1v) is 12.7. The van der Waals surface area contributed by atoms with Gasteiger partial charge in [-0.3, -0.25) is 4.79 Å². The van der Waals surface area contributed by atoms with E-state index < -0.39 is 22.0 Å². The van der Waals surface area contributed by atoms with Crippen LogP contribution in [-0.2, 0) is 21.8 Å². The van der Waals surface area contributed by atoms with Crippen LogP contribution in [0.2, 0.25) is 0 Å². The number of carbonyl (C=O) groups excluding carboxylic acids is 2. The summed E-state index contributed by atoms with van der Waals surface area (Å²) in [5.74, 6) is -0.441. The Bertz CT molecular complexity index is 1350. The van der Waals surface area contributed by atoms with E-state index >= 15 is 0 Å². The van der Waals surface area contributed by atoms with Gasteiger partial charge in [-0.2, -0.15) is 9.30 Å². The summed E-state index contributed by atoms with van der Waals surface area (Å²) in [5, 5.41) is 0. The van der Waals surface area contributed by atoms with Gasteiger partial charge in [0.2, 0.25) is 10.0 Å².